The second-order valence-electron chi connectivity index (χ2n) is 5.23. The van der Waals surface area contributed by atoms with Crippen molar-refractivity contribution in [3.05, 3.63) is 0 Å². The van der Waals surface area contributed by atoms with E-state index in [2.05, 4.69) is 31.0 Å². The summed E-state index contributed by atoms with van der Waals surface area (Å²) in [6, 6.07) is 0. The van der Waals surface area contributed by atoms with Gasteiger partial charge in [-0.1, -0.05) is 27.2 Å². The van der Waals surface area contributed by atoms with Gasteiger partial charge in [0.25, 0.3) is 0 Å². The van der Waals surface area contributed by atoms with Gasteiger partial charge >= 0.3 is 0 Å². The van der Waals surface area contributed by atoms with Crippen molar-refractivity contribution in [2.75, 3.05) is 39.3 Å². The molecule has 1 aliphatic rings. The number of nitrogens with one attached hydrogen (secondary N) is 1. The van der Waals surface area contributed by atoms with Crippen molar-refractivity contribution in [2.45, 2.75) is 46.1 Å². The number of likely N-dealkylation sites (N-methyl/N-ethyl adjacent to an activating group) is 1. The van der Waals surface area contributed by atoms with Gasteiger partial charge in [0.15, 0.2) is 0 Å². The van der Waals surface area contributed by atoms with Crippen LogP contribution in [0, 0.1) is 5.92 Å². The molecule has 0 aromatic rings. The van der Waals surface area contributed by atoms with E-state index in [4.69, 9.17) is 4.74 Å². The average molecular weight is 242 g/mol. The fourth-order valence-corrected chi connectivity index (χ4v) is 2.26. The van der Waals surface area contributed by atoms with Crippen LogP contribution < -0.4 is 5.32 Å². The summed E-state index contributed by atoms with van der Waals surface area (Å²) < 4.78 is 5.95. The minimum absolute atomic E-state index is 0.499. The van der Waals surface area contributed by atoms with Crippen molar-refractivity contribution >= 4 is 0 Å². The highest BCUT2D eigenvalue weighted by atomic mass is 16.5. The van der Waals surface area contributed by atoms with E-state index in [0.717, 1.165) is 38.7 Å². The molecule has 0 spiro atoms. The van der Waals surface area contributed by atoms with Crippen molar-refractivity contribution in [3.8, 4) is 0 Å². The van der Waals surface area contributed by atoms with Gasteiger partial charge in [-0.05, 0) is 38.4 Å². The Morgan fingerprint density at radius 3 is 2.59 bits per heavy atom. The molecule has 0 amide bonds. The lowest BCUT2D eigenvalue weighted by molar-refractivity contribution is 0.0191. The first kappa shape index (κ1) is 14.9. The van der Waals surface area contributed by atoms with E-state index in [1.165, 1.54) is 25.8 Å². The lowest BCUT2D eigenvalue weighted by Gasteiger charge is -2.26. The maximum atomic E-state index is 5.95. The standard InChI is InChI=1S/C14H30N2O/c1-4-13(3)12-16(5-2)10-11-17-14-6-8-15-9-7-14/h13-15H,4-12H2,1-3H3. The lowest BCUT2D eigenvalue weighted by Crippen LogP contribution is -2.36. The molecule has 0 saturated carbocycles. The predicted octanol–water partition coefficient (Wildman–Crippen LogP) is 2.12. The van der Waals surface area contributed by atoms with Crippen molar-refractivity contribution in [2.24, 2.45) is 5.92 Å². The first-order valence-corrected chi connectivity index (χ1v) is 7.30. The molecule has 1 saturated heterocycles. The third-order valence-electron chi connectivity index (χ3n) is 3.76. The van der Waals surface area contributed by atoms with Gasteiger partial charge in [0.2, 0.25) is 0 Å². The largest absolute Gasteiger partial charge is 0.377 e. The highest BCUT2D eigenvalue weighted by Gasteiger charge is 2.13. The quantitative estimate of drug-likeness (QED) is 0.705. The molecule has 3 nitrogen and oxygen atoms in total. The lowest BCUT2D eigenvalue weighted by atomic mass is 10.1. The molecule has 0 aliphatic carbocycles. The zero-order chi connectivity index (χ0) is 12.5. The van der Waals surface area contributed by atoms with E-state index in [-0.39, 0.29) is 0 Å². The minimum atomic E-state index is 0.499. The van der Waals surface area contributed by atoms with E-state index in [9.17, 15) is 0 Å². The fourth-order valence-electron chi connectivity index (χ4n) is 2.26. The molecule has 102 valence electrons. The van der Waals surface area contributed by atoms with Gasteiger partial charge in [0.05, 0.1) is 12.7 Å². The Kier molecular flexibility index (Phi) is 7.82. The van der Waals surface area contributed by atoms with Crippen LogP contribution in [0.4, 0.5) is 0 Å². The monoisotopic (exact) mass is 242 g/mol. The van der Waals surface area contributed by atoms with Crippen LogP contribution in [0.25, 0.3) is 0 Å². The van der Waals surface area contributed by atoms with Crippen LogP contribution >= 0.6 is 0 Å². The van der Waals surface area contributed by atoms with Gasteiger partial charge in [0, 0.05) is 13.1 Å². The molecule has 1 atom stereocenters. The van der Waals surface area contributed by atoms with Crippen LogP contribution in [-0.2, 0) is 4.74 Å². The second-order valence-corrected chi connectivity index (χ2v) is 5.23. The van der Waals surface area contributed by atoms with Gasteiger partial charge in [-0.2, -0.15) is 0 Å². The highest BCUT2D eigenvalue weighted by molar-refractivity contribution is 4.68. The maximum absolute atomic E-state index is 5.95. The SMILES string of the molecule is CCC(C)CN(CC)CCOC1CCNCC1. The Morgan fingerprint density at radius 2 is 2.00 bits per heavy atom. The predicted molar refractivity (Wildman–Crippen MR) is 73.4 cm³/mol. The zero-order valence-corrected chi connectivity index (χ0v) is 11.9. The summed E-state index contributed by atoms with van der Waals surface area (Å²) in [4.78, 5) is 2.51. The Hall–Kier alpha value is -0.120. The molecular formula is C14H30N2O. The molecule has 0 aromatic heterocycles. The van der Waals surface area contributed by atoms with Crippen molar-refractivity contribution in [1.29, 1.82) is 0 Å². The average Bonchev–Trinajstić information content (AvgIpc) is 2.38. The molecule has 1 aliphatic heterocycles. The number of rotatable bonds is 8. The van der Waals surface area contributed by atoms with Gasteiger partial charge in [-0.25, -0.2) is 0 Å². The second kappa shape index (κ2) is 8.90. The van der Waals surface area contributed by atoms with E-state index >= 15 is 0 Å². The summed E-state index contributed by atoms with van der Waals surface area (Å²) in [7, 11) is 0. The van der Waals surface area contributed by atoms with Gasteiger partial charge in [-0.15, -0.1) is 0 Å². The Morgan fingerprint density at radius 1 is 1.29 bits per heavy atom. The molecule has 1 heterocycles. The minimum Gasteiger partial charge on any atom is -0.377 e. The summed E-state index contributed by atoms with van der Waals surface area (Å²) in [5.74, 6) is 0.800. The van der Waals surface area contributed by atoms with Crippen LogP contribution in [0.15, 0.2) is 0 Å². The fraction of sp³-hybridized carbons (Fsp3) is 1.00. The third kappa shape index (κ3) is 6.39. The molecule has 0 bridgehead atoms. The van der Waals surface area contributed by atoms with Crippen molar-refractivity contribution in [3.63, 3.8) is 0 Å². The summed E-state index contributed by atoms with van der Waals surface area (Å²) >= 11 is 0. The van der Waals surface area contributed by atoms with Gasteiger partial charge in [-0.3, -0.25) is 0 Å². The molecule has 0 radical (unpaired) electrons. The Balaban J connectivity index is 2.09. The van der Waals surface area contributed by atoms with Gasteiger partial charge < -0.3 is 15.0 Å². The topological polar surface area (TPSA) is 24.5 Å². The number of hydrogen-bond donors (Lipinski definition) is 1. The Bertz CT molecular complexity index is 181. The number of nitrogens with zero attached hydrogens (tertiary/aromatic N) is 1. The van der Waals surface area contributed by atoms with Crippen molar-refractivity contribution < 1.29 is 4.74 Å². The zero-order valence-electron chi connectivity index (χ0n) is 11.9. The van der Waals surface area contributed by atoms with Crippen LogP contribution in [0.3, 0.4) is 0 Å². The van der Waals surface area contributed by atoms with Crippen LogP contribution in [0.1, 0.15) is 40.0 Å². The molecule has 1 fully saturated rings. The summed E-state index contributed by atoms with van der Waals surface area (Å²) in [6.45, 7) is 13.4. The molecule has 17 heavy (non-hydrogen) atoms. The van der Waals surface area contributed by atoms with Crippen LogP contribution in [0.2, 0.25) is 0 Å². The maximum Gasteiger partial charge on any atom is 0.0600 e. The first-order chi connectivity index (χ1) is 8.26. The normalized spacial score (nSPS) is 19.8. The number of hydrogen-bond acceptors (Lipinski definition) is 3. The van der Waals surface area contributed by atoms with Crippen LogP contribution in [-0.4, -0.2) is 50.3 Å². The van der Waals surface area contributed by atoms with Crippen LogP contribution in [0.5, 0.6) is 0 Å². The molecule has 3 heteroatoms. The molecule has 1 N–H and O–H groups in total. The molecular weight excluding hydrogens is 212 g/mol. The Labute approximate surface area is 107 Å². The first-order valence-electron chi connectivity index (χ1n) is 7.30. The smallest absolute Gasteiger partial charge is 0.0600 e. The van der Waals surface area contributed by atoms with Gasteiger partial charge in [0.1, 0.15) is 0 Å². The molecule has 1 unspecified atom stereocenters. The molecule has 0 aromatic carbocycles. The number of ether oxygens (including phenoxy) is 1. The summed E-state index contributed by atoms with van der Waals surface area (Å²) in [5, 5.41) is 3.37. The summed E-state index contributed by atoms with van der Waals surface area (Å²) in [5.41, 5.74) is 0. The number of piperidine rings is 1. The van der Waals surface area contributed by atoms with E-state index in [1.807, 2.05) is 0 Å². The third-order valence-corrected chi connectivity index (χ3v) is 3.76. The summed E-state index contributed by atoms with van der Waals surface area (Å²) in [6.07, 6.45) is 4.12. The van der Waals surface area contributed by atoms with E-state index < -0.39 is 0 Å². The molecule has 1 rings (SSSR count). The van der Waals surface area contributed by atoms with Crippen molar-refractivity contribution in [1.82, 2.24) is 10.2 Å². The highest BCUT2D eigenvalue weighted by Crippen LogP contribution is 2.08. The van der Waals surface area contributed by atoms with E-state index in [1.54, 1.807) is 0 Å². The van der Waals surface area contributed by atoms with E-state index in [0.29, 0.717) is 6.10 Å².